The predicted molar refractivity (Wildman–Crippen MR) is 62.0 cm³/mol. The number of halogens is 3. The molecule has 20 heavy (non-hydrogen) atoms. The van der Waals surface area contributed by atoms with Gasteiger partial charge in [0.1, 0.15) is 0 Å². The van der Waals surface area contributed by atoms with Gasteiger partial charge in [0.25, 0.3) is 0 Å². The van der Waals surface area contributed by atoms with Gasteiger partial charge in [-0.1, -0.05) is 0 Å². The molecule has 1 rings (SSSR count). The van der Waals surface area contributed by atoms with E-state index in [1.165, 1.54) is 5.32 Å². The lowest BCUT2D eigenvalue weighted by molar-refractivity contribution is -0.203. The Kier molecular flexibility index (Phi) is 4.85. The molecule has 6 nitrogen and oxygen atoms in total. The first-order valence-electron chi connectivity index (χ1n) is 6.10. The molecule has 0 aromatic rings. The smallest absolute Gasteiger partial charge is 0.422 e. The van der Waals surface area contributed by atoms with Crippen molar-refractivity contribution in [3.8, 4) is 0 Å². The lowest BCUT2D eigenvalue weighted by atomic mass is 9.99. The zero-order chi connectivity index (χ0) is 15.6. The highest BCUT2D eigenvalue weighted by Gasteiger charge is 2.58. The first-order valence-corrected chi connectivity index (χ1v) is 6.10. The van der Waals surface area contributed by atoms with E-state index >= 15 is 0 Å². The molecule has 0 aromatic carbocycles. The largest absolute Gasteiger partial charge is 0.479 e. The number of carbonyl (C=O) groups excluding carboxylic acids is 1. The van der Waals surface area contributed by atoms with Crippen LogP contribution in [0.5, 0.6) is 0 Å². The molecule has 0 radical (unpaired) electrons. The molecule has 1 fully saturated rings. The molecule has 0 aliphatic carbocycles. The van der Waals surface area contributed by atoms with Crippen molar-refractivity contribution in [2.24, 2.45) is 5.92 Å². The Bertz CT molecular complexity index is 388. The van der Waals surface area contributed by atoms with E-state index in [1.54, 1.807) is 0 Å². The summed E-state index contributed by atoms with van der Waals surface area (Å²) in [7, 11) is 0. The number of carbonyl (C=O) groups is 2. The van der Waals surface area contributed by atoms with Gasteiger partial charge in [0.05, 0.1) is 0 Å². The van der Waals surface area contributed by atoms with Crippen molar-refractivity contribution in [1.82, 2.24) is 10.2 Å². The molecule has 1 heterocycles. The Morgan fingerprint density at radius 3 is 2.45 bits per heavy atom. The monoisotopic (exact) mass is 298 g/mol. The van der Waals surface area contributed by atoms with E-state index in [0.29, 0.717) is 19.8 Å². The number of aliphatic carboxylic acids is 1. The van der Waals surface area contributed by atoms with E-state index in [-0.39, 0.29) is 25.6 Å². The first kappa shape index (κ1) is 16.5. The van der Waals surface area contributed by atoms with Crippen molar-refractivity contribution in [3.63, 3.8) is 0 Å². The van der Waals surface area contributed by atoms with Crippen LogP contribution in [0.3, 0.4) is 0 Å². The van der Waals surface area contributed by atoms with Crippen molar-refractivity contribution in [3.05, 3.63) is 0 Å². The van der Waals surface area contributed by atoms with Crippen LogP contribution in [0.4, 0.5) is 18.0 Å². The summed E-state index contributed by atoms with van der Waals surface area (Å²) < 4.78 is 38.3. The number of urea groups is 1. The highest BCUT2D eigenvalue weighted by atomic mass is 19.4. The minimum absolute atomic E-state index is 0.107. The Morgan fingerprint density at radius 1 is 1.40 bits per heavy atom. The van der Waals surface area contributed by atoms with Gasteiger partial charge in [0.2, 0.25) is 5.54 Å². The van der Waals surface area contributed by atoms with Crippen LogP contribution in [0.25, 0.3) is 0 Å². The Labute approximate surface area is 113 Å². The molecule has 2 atom stereocenters. The number of carboxylic acid groups (broad SMARTS) is 1. The average molecular weight is 298 g/mol. The number of nitrogens with zero attached hydrogens (tertiary/aromatic N) is 1. The number of piperidine rings is 1. The highest BCUT2D eigenvalue weighted by molar-refractivity contribution is 5.86. The van der Waals surface area contributed by atoms with Gasteiger partial charge in [-0.15, -0.1) is 0 Å². The topological polar surface area (TPSA) is 89.9 Å². The zero-order valence-corrected chi connectivity index (χ0v) is 10.9. The number of nitrogens with one attached hydrogen (secondary N) is 1. The van der Waals surface area contributed by atoms with Crippen molar-refractivity contribution < 1.29 is 33.0 Å². The Morgan fingerprint density at radius 2 is 2.00 bits per heavy atom. The molecule has 116 valence electrons. The van der Waals surface area contributed by atoms with E-state index in [4.69, 9.17) is 10.2 Å². The minimum atomic E-state index is -5.11. The van der Waals surface area contributed by atoms with E-state index in [1.807, 2.05) is 0 Å². The molecule has 0 spiro atoms. The SMILES string of the molecule is CC(NC(=O)N1CCCC(CO)C1)(C(=O)O)C(F)(F)F. The van der Waals surface area contributed by atoms with E-state index in [0.717, 1.165) is 4.90 Å². The van der Waals surface area contributed by atoms with Gasteiger partial charge in [-0.05, 0) is 25.7 Å². The van der Waals surface area contributed by atoms with Crippen LogP contribution < -0.4 is 5.32 Å². The third kappa shape index (κ3) is 3.33. The van der Waals surface area contributed by atoms with Crippen LogP contribution in [0.2, 0.25) is 0 Å². The molecule has 2 unspecified atom stereocenters. The molecular weight excluding hydrogens is 281 g/mol. The maximum Gasteiger partial charge on any atom is 0.422 e. The predicted octanol–water partition coefficient (Wildman–Crippen LogP) is 0.806. The van der Waals surface area contributed by atoms with E-state index < -0.39 is 23.7 Å². The summed E-state index contributed by atoms with van der Waals surface area (Å²) in [5, 5.41) is 19.3. The zero-order valence-electron chi connectivity index (χ0n) is 10.9. The fourth-order valence-electron chi connectivity index (χ4n) is 1.94. The summed E-state index contributed by atoms with van der Waals surface area (Å²) >= 11 is 0. The number of carboxylic acids is 1. The number of amides is 2. The summed E-state index contributed by atoms with van der Waals surface area (Å²) in [5.74, 6) is -2.37. The Balaban J connectivity index is 2.79. The second kappa shape index (κ2) is 5.86. The maximum atomic E-state index is 12.8. The summed E-state index contributed by atoms with van der Waals surface area (Å²) in [4.78, 5) is 23.7. The number of aliphatic hydroxyl groups excluding tert-OH is 1. The molecule has 3 N–H and O–H groups in total. The second-order valence-corrected chi connectivity index (χ2v) is 4.99. The number of aliphatic hydroxyl groups is 1. The first-order chi connectivity index (χ1) is 9.11. The number of alkyl halides is 3. The minimum Gasteiger partial charge on any atom is -0.479 e. The number of hydrogen-bond acceptors (Lipinski definition) is 3. The summed E-state index contributed by atoms with van der Waals surface area (Å²) in [6.07, 6.45) is -3.88. The van der Waals surface area contributed by atoms with E-state index in [2.05, 4.69) is 0 Å². The number of likely N-dealkylation sites (tertiary alicyclic amines) is 1. The van der Waals surface area contributed by atoms with Crippen molar-refractivity contribution >= 4 is 12.0 Å². The molecule has 1 saturated heterocycles. The molecule has 0 bridgehead atoms. The normalized spacial score (nSPS) is 23.1. The molecular formula is C11H17F3N2O4. The lowest BCUT2D eigenvalue weighted by Crippen LogP contribution is -2.64. The van der Waals surface area contributed by atoms with Gasteiger partial charge in [-0.2, -0.15) is 13.2 Å². The quantitative estimate of drug-likeness (QED) is 0.719. The molecule has 9 heteroatoms. The summed E-state index contributed by atoms with van der Waals surface area (Å²) in [5.41, 5.74) is -3.34. The Hall–Kier alpha value is -1.51. The lowest BCUT2D eigenvalue weighted by Gasteiger charge is -2.35. The number of hydrogen-bond donors (Lipinski definition) is 3. The van der Waals surface area contributed by atoms with Crippen molar-refractivity contribution in [1.29, 1.82) is 0 Å². The van der Waals surface area contributed by atoms with Gasteiger partial charge in [-0.25, -0.2) is 9.59 Å². The van der Waals surface area contributed by atoms with Crippen LogP contribution in [-0.2, 0) is 4.79 Å². The van der Waals surface area contributed by atoms with E-state index in [9.17, 15) is 22.8 Å². The van der Waals surface area contributed by atoms with Crippen LogP contribution in [0, 0.1) is 5.92 Å². The van der Waals surface area contributed by atoms with Gasteiger partial charge in [0.15, 0.2) is 0 Å². The summed E-state index contributed by atoms with van der Waals surface area (Å²) in [6.45, 7) is 0.575. The fraction of sp³-hybridized carbons (Fsp3) is 0.818. The average Bonchev–Trinajstić information content (AvgIpc) is 2.37. The molecule has 1 aliphatic rings. The molecule has 0 aromatic heterocycles. The van der Waals surface area contributed by atoms with Gasteiger partial charge in [-0.3, -0.25) is 0 Å². The van der Waals surface area contributed by atoms with Crippen LogP contribution >= 0.6 is 0 Å². The number of rotatable bonds is 3. The van der Waals surface area contributed by atoms with Crippen LogP contribution in [-0.4, -0.2) is 58.5 Å². The third-order valence-corrected chi connectivity index (χ3v) is 3.42. The van der Waals surface area contributed by atoms with Gasteiger partial charge in [0, 0.05) is 19.7 Å². The standard InChI is InChI=1S/C11H17F3N2O4/c1-10(8(18)19,11(12,13)14)15-9(20)16-4-2-3-7(5-16)6-17/h7,17H,2-6H2,1H3,(H,15,20)(H,18,19). The molecule has 2 amide bonds. The van der Waals surface area contributed by atoms with Gasteiger partial charge >= 0.3 is 18.2 Å². The maximum absolute atomic E-state index is 12.8. The summed E-state index contributed by atoms with van der Waals surface area (Å²) in [6, 6.07) is -1.09. The van der Waals surface area contributed by atoms with Crippen LogP contribution in [0.1, 0.15) is 19.8 Å². The fourth-order valence-corrected chi connectivity index (χ4v) is 1.94. The van der Waals surface area contributed by atoms with Crippen molar-refractivity contribution in [2.75, 3.05) is 19.7 Å². The van der Waals surface area contributed by atoms with Crippen molar-refractivity contribution in [2.45, 2.75) is 31.5 Å². The van der Waals surface area contributed by atoms with Gasteiger partial charge < -0.3 is 20.4 Å². The third-order valence-electron chi connectivity index (χ3n) is 3.42. The highest BCUT2D eigenvalue weighted by Crippen LogP contribution is 2.30. The molecule has 1 aliphatic heterocycles. The second-order valence-electron chi connectivity index (χ2n) is 4.99. The molecule has 0 saturated carbocycles. The van der Waals surface area contributed by atoms with Crippen LogP contribution in [0.15, 0.2) is 0 Å².